The van der Waals surface area contributed by atoms with E-state index in [1.54, 1.807) is 11.5 Å². The first-order valence-electron chi connectivity index (χ1n) is 7.69. The molecule has 2 aromatic rings. The number of anilines is 1. The minimum Gasteiger partial charge on any atom is -0.342 e. The Morgan fingerprint density at radius 2 is 1.95 bits per heavy atom. The number of hydrogen-bond donors (Lipinski definition) is 0. The highest BCUT2D eigenvalue weighted by atomic mass is 32.2. The van der Waals surface area contributed by atoms with Gasteiger partial charge in [-0.05, 0) is 12.8 Å². The maximum Gasteiger partial charge on any atom is 0.205 e. The van der Waals surface area contributed by atoms with Gasteiger partial charge in [0.1, 0.15) is 0 Å². The summed E-state index contributed by atoms with van der Waals surface area (Å²) in [7, 11) is 0. The van der Waals surface area contributed by atoms with Crippen LogP contribution in [-0.2, 0) is 0 Å². The van der Waals surface area contributed by atoms with Crippen LogP contribution < -0.4 is 4.90 Å². The van der Waals surface area contributed by atoms with Gasteiger partial charge in [0.25, 0.3) is 0 Å². The molecule has 1 saturated carbocycles. The smallest absolute Gasteiger partial charge is 0.205 e. The van der Waals surface area contributed by atoms with Crippen LogP contribution in [0.2, 0.25) is 0 Å². The predicted octanol–water partition coefficient (Wildman–Crippen LogP) is 4.07. The zero-order valence-corrected chi connectivity index (χ0v) is 13.6. The number of benzene rings is 1. The van der Waals surface area contributed by atoms with Gasteiger partial charge in [0.15, 0.2) is 5.82 Å². The second kappa shape index (κ2) is 5.97. The second-order valence-electron chi connectivity index (χ2n) is 5.72. The Morgan fingerprint density at radius 1 is 1.10 bits per heavy atom. The van der Waals surface area contributed by atoms with Crippen LogP contribution in [0.5, 0.6) is 0 Å². The molecule has 1 aromatic heterocycles. The molecule has 0 bridgehead atoms. The van der Waals surface area contributed by atoms with Crippen LogP contribution in [0.3, 0.4) is 0 Å². The number of aromatic nitrogens is 2. The Labute approximate surface area is 134 Å². The number of nitrogens with zero attached hydrogens (tertiary/aromatic N) is 3. The largest absolute Gasteiger partial charge is 0.342 e. The molecule has 1 aromatic carbocycles. The molecule has 4 rings (SSSR count). The minimum absolute atomic E-state index is 0.675. The summed E-state index contributed by atoms with van der Waals surface area (Å²) in [4.78, 5) is 7.35. The lowest BCUT2D eigenvalue weighted by atomic mass is 9.93. The fourth-order valence-electron chi connectivity index (χ4n) is 3.37. The quantitative estimate of drug-likeness (QED) is 0.835. The van der Waals surface area contributed by atoms with E-state index in [0.29, 0.717) is 6.04 Å². The Hall–Kier alpha value is -1.07. The van der Waals surface area contributed by atoms with Gasteiger partial charge >= 0.3 is 0 Å². The van der Waals surface area contributed by atoms with Crippen LogP contribution in [-0.4, -0.2) is 32.9 Å². The number of fused-ring (bicyclic) bond motifs is 1. The first-order valence-corrected chi connectivity index (χ1v) is 9.51. The van der Waals surface area contributed by atoms with E-state index in [1.165, 1.54) is 31.4 Å². The van der Waals surface area contributed by atoms with Crippen LogP contribution in [0, 0.1) is 0 Å². The molecule has 0 spiro atoms. The lowest BCUT2D eigenvalue weighted by Crippen LogP contribution is -2.49. The summed E-state index contributed by atoms with van der Waals surface area (Å²) in [6.07, 6.45) is 5.45. The average Bonchev–Trinajstić information content (AvgIpc) is 3.05. The molecule has 2 fully saturated rings. The Morgan fingerprint density at radius 3 is 2.86 bits per heavy atom. The first-order chi connectivity index (χ1) is 10.4. The van der Waals surface area contributed by atoms with Crippen LogP contribution in [0.4, 0.5) is 5.13 Å². The number of hydrogen-bond acceptors (Lipinski definition) is 5. The van der Waals surface area contributed by atoms with Gasteiger partial charge in [0.2, 0.25) is 5.13 Å². The average molecular weight is 317 g/mol. The third kappa shape index (κ3) is 2.69. The zero-order chi connectivity index (χ0) is 14.1. The molecule has 110 valence electrons. The van der Waals surface area contributed by atoms with Gasteiger partial charge in [0, 0.05) is 40.7 Å². The Bertz CT molecular complexity index is 597. The van der Waals surface area contributed by atoms with Crippen molar-refractivity contribution in [1.29, 1.82) is 0 Å². The van der Waals surface area contributed by atoms with Crippen molar-refractivity contribution in [2.24, 2.45) is 0 Å². The molecule has 1 saturated heterocycles. The SMILES string of the molecule is c1ccc(-c2nsc(N3CCSC4CCCCC43)n2)cc1. The second-order valence-corrected chi connectivity index (χ2v) is 7.80. The van der Waals surface area contributed by atoms with Gasteiger partial charge in [-0.1, -0.05) is 43.2 Å². The van der Waals surface area contributed by atoms with Crippen molar-refractivity contribution in [1.82, 2.24) is 9.36 Å². The Balaban J connectivity index is 1.60. The zero-order valence-electron chi connectivity index (χ0n) is 11.9. The van der Waals surface area contributed by atoms with E-state index in [0.717, 1.165) is 28.3 Å². The van der Waals surface area contributed by atoms with E-state index < -0.39 is 0 Å². The lowest BCUT2D eigenvalue weighted by molar-refractivity contribution is 0.422. The van der Waals surface area contributed by atoms with E-state index in [9.17, 15) is 0 Å². The van der Waals surface area contributed by atoms with Gasteiger partial charge in [-0.25, -0.2) is 0 Å². The molecule has 1 aliphatic carbocycles. The van der Waals surface area contributed by atoms with E-state index in [4.69, 9.17) is 4.98 Å². The summed E-state index contributed by atoms with van der Waals surface area (Å²) in [5, 5.41) is 1.92. The van der Waals surface area contributed by atoms with Crippen molar-refractivity contribution in [2.75, 3.05) is 17.2 Å². The highest BCUT2D eigenvalue weighted by Crippen LogP contribution is 2.38. The van der Waals surface area contributed by atoms with Crippen molar-refractivity contribution < 1.29 is 0 Å². The standard InChI is InChI=1S/C16H19N3S2/c1-2-6-12(7-3-1)15-17-16(21-18-15)19-10-11-20-14-9-5-4-8-13(14)19/h1-3,6-7,13-14H,4-5,8-11H2. The fraction of sp³-hybridized carbons (Fsp3) is 0.500. The van der Waals surface area contributed by atoms with E-state index in [1.807, 2.05) is 18.2 Å². The van der Waals surface area contributed by atoms with Gasteiger partial charge in [0.05, 0.1) is 0 Å². The minimum atomic E-state index is 0.675. The molecule has 2 unspecified atom stereocenters. The van der Waals surface area contributed by atoms with Crippen molar-refractivity contribution >= 4 is 28.4 Å². The van der Waals surface area contributed by atoms with E-state index >= 15 is 0 Å². The molecule has 2 aliphatic rings. The third-order valence-corrected chi connectivity index (χ3v) is 6.57. The van der Waals surface area contributed by atoms with Gasteiger partial charge in [-0.3, -0.25) is 0 Å². The lowest BCUT2D eigenvalue weighted by Gasteiger charge is -2.43. The number of thioether (sulfide) groups is 1. The molecule has 5 heteroatoms. The van der Waals surface area contributed by atoms with Crippen molar-refractivity contribution in [2.45, 2.75) is 37.0 Å². The highest BCUT2D eigenvalue weighted by Gasteiger charge is 2.35. The molecule has 21 heavy (non-hydrogen) atoms. The maximum absolute atomic E-state index is 4.82. The molecule has 0 amide bonds. The molecule has 0 radical (unpaired) electrons. The van der Waals surface area contributed by atoms with Crippen LogP contribution in [0.25, 0.3) is 11.4 Å². The number of rotatable bonds is 2. The third-order valence-electron chi connectivity index (χ3n) is 4.43. The molecular weight excluding hydrogens is 298 g/mol. The molecule has 3 nitrogen and oxygen atoms in total. The maximum atomic E-state index is 4.82. The first kappa shape index (κ1) is 13.6. The van der Waals surface area contributed by atoms with E-state index in [-0.39, 0.29) is 0 Å². The summed E-state index contributed by atoms with van der Waals surface area (Å²) in [6.45, 7) is 1.12. The molecule has 1 aliphatic heterocycles. The summed E-state index contributed by atoms with van der Waals surface area (Å²) in [5.41, 5.74) is 1.12. The van der Waals surface area contributed by atoms with Crippen LogP contribution in [0.15, 0.2) is 30.3 Å². The topological polar surface area (TPSA) is 29.0 Å². The molecular formula is C16H19N3S2. The summed E-state index contributed by atoms with van der Waals surface area (Å²) < 4.78 is 4.58. The highest BCUT2D eigenvalue weighted by molar-refractivity contribution is 8.00. The van der Waals surface area contributed by atoms with Gasteiger partial charge in [-0.2, -0.15) is 21.1 Å². The molecule has 2 atom stereocenters. The van der Waals surface area contributed by atoms with Gasteiger partial charge in [-0.15, -0.1) is 0 Å². The summed E-state index contributed by atoms with van der Waals surface area (Å²) in [6, 6.07) is 11.0. The molecule has 0 N–H and O–H groups in total. The monoisotopic (exact) mass is 317 g/mol. The van der Waals surface area contributed by atoms with Gasteiger partial charge < -0.3 is 4.90 Å². The normalized spacial score (nSPS) is 25.6. The van der Waals surface area contributed by atoms with Crippen molar-refractivity contribution in [3.05, 3.63) is 30.3 Å². The summed E-state index contributed by atoms with van der Waals surface area (Å²) >= 11 is 3.73. The van der Waals surface area contributed by atoms with E-state index in [2.05, 4.69) is 33.2 Å². The fourth-order valence-corrected chi connectivity index (χ4v) is 5.59. The predicted molar refractivity (Wildman–Crippen MR) is 91.2 cm³/mol. The van der Waals surface area contributed by atoms with Crippen molar-refractivity contribution in [3.63, 3.8) is 0 Å². The summed E-state index contributed by atoms with van der Waals surface area (Å²) in [5.74, 6) is 2.10. The van der Waals surface area contributed by atoms with Crippen LogP contribution >= 0.6 is 23.3 Å². The molecule has 2 heterocycles. The van der Waals surface area contributed by atoms with Crippen molar-refractivity contribution in [3.8, 4) is 11.4 Å². The Kier molecular flexibility index (Phi) is 3.86. The van der Waals surface area contributed by atoms with Crippen LogP contribution in [0.1, 0.15) is 25.7 Å².